The lowest BCUT2D eigenvalue weighted by molar-refractivity contribution is -0.128. The summed E-state index contributed by atoms with van der Waals surface area (Å²) in [4.78, 5) is 47.4. The van der Waals surface area contributed by atoms with Gasteiger partial charge in [-0.3, -0.25) is 9.59 Å². The Labute approximate surface area is 171 Å². The summed E-state index contributed by atoms with van der Waals surface area (Å²) in [5.74, 6) is -0.805. The number of benzene rings is 1. The van der Waals surface area contributed by atoms with Gasteiger partial charge in [-0.15, -0.1) is 0 Å². The van der Waals surface area contributed by atoms with Gasteiger partial charge in [-0.05, 0) is 24.3 Å². The minimum absolute atomic E-state index is 0.0929. The molecule has 3 amide bonds. The van der Waals surface area contributed by atoms with E-state index in [1.165, 1.54) is 0 Å². The van der Waals surface area contributed by atoms with E-state index in [0.717, 1.165) is 12.0 Å². The first kappa shape index (κ1) is 24.1. The first-order valence-electron chi connectivity index (χ1n) is 9.85. The molecule has 0 heterocycles. The molecule has 0 fully saturated rings. The summed E-state index contributed by atoms with van der Waals surface area (Å²) in [5.41, 5.74) is 0.834. The Balaban J connectivity index is 2.53. The molecule has 1 aromatic carbocycles. The second kappa shape index (κ2) is 13.3. The molecule has 0 saturated heterocycles. The van der Waals surface area contributed by atoms with E-state index in [1.807, 2.05) is 51.1 Å². The van der Waals surface area contributed by atoms with Crippen molar-refractivity contribution >= 4 is 24.2 Å². The summed E-state index contributed by atoms with van der Waals surface area (Å²) in [6, 6.07) is 7.80. The van der Waals surface area contributed by atoms with Crippen LogP contribution in [0.4, 0.5) is 4.79 Å². The van der Waals surface area contributed by atoms with Crippen molar-refractivity contribution in [1.29, 1.82) is 0 Å². The Bertz CT molecular complexity index is 664. The molecule has 0 spiro atoms. The number of aldehydes is 1. The molecule has 160 valence electrons. The average Bonchev–Trinajstić information content (AvgIpc) is 2.70. The zero-order valence-electron chi connectivity index (χ0n) is 17.3. The minimum atomic E-state index is -0.830. The van der Waals surface area contributed by atoms with E-state index < -0.39 is 30.0 Å². The van der Waals surface area contributed by atoms with Gasteiger partial charge in [0.1, 0.15) is 18.9 Å². The Hall–Kier alpha value is -2.90. The van der Waals surface area contributed by atoms with Gasteiger partial charge in [-0.2, -0.15) is 0 Å². The summed E-state index contributed by atoms with van der Waals surface area (Å²) in [6.07, 6.45) is 1.65. The number of hydrogen-bond acceptors (Lipinski definition) is 5. The van der Waals surface area contributed by atoms with Crippen LogP contribution in [-0.2, 0) is 25.7 Å². The predicted molar refractivity (Wildman–Crippen MR) is 109 cm³/mol. The van der Waals surface area contributed by atoms with E-state index in [4.69, 9.17) is 4.74 Å². The molecule has 2 atom stereocenters. The average molecular weight is 405 g/mol. The van der Waals surface area contributed by atoms with Crippen LogP contribution in [0.3, 0.4) is 0 Å². The molecule has 0 aliphatic rings. The zero-order chi connectivity index (χ0) is 21.6. The molecule has 0 radical (unpaired) electrons. The fraction of sp³-hybridized carbons (Fsp3) is 0.524. The van der Waals surface area contributed by atoms with Crippen LogP contribution in [0.5, 0.6) is 0 Å². The standard InChI is InChI=1S/C21H31N3O5/c1-4-8-17(13-25)23-19(26)12-22-20(27)18(11-15(2)3)24-21(28)29-14-16-9-6-5-7-10-16/h5-7,9-10,13,15,17-18H,4,8,11-12,14H2,1-3H3,(H,22,27)(H,23,26)(H,24,28). The summed E-state index contributed by atoms with van der Waals surface area (Å²) < 4.78 is 5.16. The van der Waals surface area contributed by atoms with Crippen molar-refractivity contribution in [2.75, 3.05) is 6.54 Å². The number of hydrogen-bond donors (Lipinski definition) is 3. The summed E-state index contributed by atoms with van der Waals surface area (Å²) >= 11 is 0. The lowest BCUT2D eigenvalue weighted by Gasteiger charge is -2.20. The smallest absolute Gasteiger partial charge is 0.408 e. The van der Waals surface area contributed by atoms with Gasteiger partial charge < -0.3 is 25.5 Å². The van der Waals surface area contributed by atoms with Crippen LogP contribution in [-0.4, -0.2) is 42.8 Å². The monoisotopic (exact) mass is 405 g/mol. The lowest BCUT2D eigenvalue weighted by Crippen LogP contribution is -2.50. The van der Waals surface area contributed by atoms with Crippen LogP contribution >= 0.6 is 0 Å². The van der Waals surface area contributed by atoms with E-state index in [0.29, 0.717) is 19.1 Å². The van der Waals surface area contributed by atoms with E-state index in [9.17, 15) is 19.2 Å². The molecule has 8 heteroatoms. The molecule has 2 unspecified atom stereocenters. The molecule has 3 N–H and O–H groups in total. The third-order valence-electron chi connectivity index (χ3n) is 4.06. The van der Waals surface area contributed by atoms with Gasteiger partial charge in [0.2, 0.25) is 11.8 Å². The maximum atomic E-state index is 12.4. The van der Waals surface area contributed by atoms with Gasteiger partial charge in [0.05, 0.1) is 12.6 Å². The maximum absolute atomic E-state index is 12.4. The van der Waals surface area contributed by atoms with Crippen LogP contribution in [0.15, 0.2) is 30.3 Å². The van der Waals surface area contributed by atoms with Crippen molar-refractivity contribution in [3.63, 3.8) is 0 Å². The molecule has 29 heavy (non-hydrogen) atoms. The van der Waals surface area contributed by atoms with Crippen molar-refractivity contribution in [2.24, 2.45) is 5.92 Å². The SMILES string of the molecule is CCCC(C=O)NC(=O)CNC(=O)C(CC(C)C)NC(=O)OCc1ccccc1. The summed E-state index contributed by atoms with van der Waals surface area (Å²) in [7, 11) is 0. The molecule has 8 nitrogen and oxygen atoms in total. The number of rotatable bonds is 12. The second-order valence-corrected chi connectivity index (χ2v) is 7.20. The number of carbonyl (C=O) groups excluding carboxylic acids is 4. The zero-order valence-corrected chi connectivity index (χ0v) is 17.3. The van der Waals surface area contributed by atoms with Gasteiger partial charge in [0, 0.05) is 0 Å². The van der Waals surface area contributed by atoms with Crippen molar-refractivity contribution in [3.05, 3.63) is 35.9 Å². The maximum Gasteiger partial charge on any atom is 0.408 e. The highest BCUT2D eigenvalue weighted by molar-refractivity contribution is 5.90. The highest BCUT2D eigenvalue weighted by Gasteiger charge is 2.23. The Morgan fingerprint density at radius 1 is 1.10 bits per heavy atom. The third kappa shape index (κ3) is 10.3. The lowest BCUT2D eigenvalue weighted by atomic mass is 10.0. The van der Waals surface area contributed by atoms with Crippen LogP contribution in [0.25, 0.3) is 0 Å². The number of carbonyl (C=O) groups is 4. The van der Waals surface area contributed by atoms with E-state index in [-0.39, 0.29) is 19.1 Å². The molecule has 1 rings (SSSR count). The Morgan fingerprint density at radius 3 is 2.38 bits per heavy atom. The largest absolute Gasteiger partial charge is 0.445 e. The quantitative estimate of drug-likeness (QED) is 0.460. The van der Waals surface area contributed by atoms with Crippen LogP contribution in [0.1, 0.15) is 45.6 Å². The number of ether oxygens (including phenoxy) is 1. The summed E-state index contributed by atoms with van der Waals surface area (Å²) in [6.45, 7) is 5.56. The fourth-order valence-electron chi connectivity index (χ4n) is 2.64. The normalized spacial score (nSPS) is 12.6. The highest BCUT2D eigenvalue weighted by atomic mass is 16.5. The third-order valence-corrected chi connectivity index (χ3v) is 4.06. The van der Waals surface area contributed by atoms with E-state index in [2.05, 4.69) is 16.0 Å². The van der Waals surface area contributed by atoms with Crippen LogP contribution < -0.4 is 16.0 Å². The highest BCUT2D eigenvalue weighted by Crippen LogP contribution is 2.06. The molecular formula is C21H31N3O5. The second-order valence-electron chi connectivity index (χ2n) is 7.20. The van der Waals surface area contributed by atoms with Crippen LogP contribution in [0, 0.1) is 5.92 Å². The topological polar surface area (TPSA) is 114 Å². The van der Waals surface area contributed by atoms with Gasteiger partial charge in [-0.1, -0.05) is 57.5 Å². The van der Waals surface area contributed by atoms with Crippen molar-refractivity contribution in [3.8, 4) is 0 Å². The Morgan fingerprint density at radius 2 is 1.79 bits per heavy atom. The number of nitrogens with one attached hydrogen (secondary N) is 3. The predicted octanol–water partition coefficient (Wildman–Crippen LogP) is 1.93. The fourth-order valence-corrected chi connectivity index (χ4v) is 2.64. The van der Waals surface area contributed by atoms with Crippen molar-refractivity contribution < 1.29 is 23.9 Å². The number of amides is 3. The van der Waals surface area contributed by atoms with Gasteiger partial charge in [0.25, 0.3) is 0 Å². The first-order chi connectivity index (χ1) is 13.8. The molecule has 0 aliphatic heterocycles. The first-order valence-corrected chi connectivity index (χ1v) is 9.85. The summed E-state index contributed by atoms with van der Waals surface area (Å²) in [5, 5.41) is 7.60. The minimum Gasteiger partial charge on any atom is -0.445 e. The molecule has 0 saturated carbocycles. The molecule has 0 aromatic heterocycles. The van der Waals surface area contributed by atoms with Gasteiger partial charge in [-0.25, -0.2) is 4.79 Å². The Kier molecular flexibility index (Phi) is 11.1. The van der Waals surface area contributed by atoms with Crippen molar-refractivity contribution in [2.45, 2.75) is 58.7 Å². The van der Waals surface area contributed by atoms with Crippen molar-refractivity contribution in [1.82, 2.24) is 16.0 Å². The van der Waals surface area contributed by atoms with Gasteiger partial charge >= 0.3 is 6.09 Å². The van der Waals surface area contributed by atoms with E-state index in [1.54, 1.807) is 0 Å². The van der Waals surface area contributed by atoms with Gasteiger partial charge in [0.15, 0.2) is 0 Å². The molecule has 0 aliphatic carbocycles. The molecular weight excluding hydrogens is 374 g/mol. The molecule has 1 aromatic rings. The van der Waals surface area contributed by atoms with Crippen LogP contribution in [0.2, 0.25) is 0 Å². The van der Waals surface area contributed by atoms with E-state index >= 15 is 0 Å². The molecule has 0 bridgehead atoms. The number of alkyl carbamates (subject to hydrolysis) is 1.